The van der Waals surface area contributed by atoms with E-state index >= 15 is 0 Å². The number of carbonyl (C=O) groups excluding carboxylic acids is 1. The largest absolute Gasteiger partial charge is 0.489 e. The highest BCUT2D eigenvalue weighted by Crippen LogP contribution is 2.26. The van der Waals surface area contributed by atoms with Crippen molar-refractivity contribution >= 4 is 28.8 Å². The normalized spacial score (nSPS) is 10.4. The van der Waals surface area contributed by atoms with Crippen molar-refractivity contribution in [2.45, 2.75) is 20.5 Å². The Morgan fingerprint density at radius 1 is 1.40 bits per heavy atom. The summed E-state index contributed by atoms with van der Waals surface area (Å²) in [6, 6.07) is 7.31. The van der Waals surface area contributed by atoms with Crippen LogP contribution in [0.2, 0.25) is 5.02 Å². The average molecular weight is 311 g/mol. The standard InChI is InChI=1S/C14H15ClN2O2S/c1-8-3-4-11(15)6-12(8)19-7-10-5-13(14(18)17-16)20-9(10)2/h3-6H,7,16H2,1-2H3,(H,17,18). The lowest BCUT2D eigenvalue weighted by atomic mass is 10.2. The molecule has 0 atom stereocenters. The number of amides is 1. The Balaban J connectivity index is 2.13. The molecule has 1 aromatic heterocycles. The van der Waals surface area contributed by atoms with E-state index in [9.17, 15) is 4.79 Å². The van der Waals surface area contributed by atoms with Crippen molar-refractivity contribution in [2.75, 3.05) is 0 Å². The van der Waals surface area contributed by atoms with Gasteiger partial charge in [-0.15, -0.1) is 11.3 Å². The third-order valence-electron chi connectivity index (χ3n) is 2.91. The van der Waals surface area contributed by atoms with E-state index in [-0.39, 0.29) is 5.91 Å². The van der Waals surface area contributed by atoms with Crippen molar-refractivity contribution in [3.05, 3.63) is 50.2 Å². The van der Waals surface area contributed by atoms with Crippen LogP contribution >= 0.6 is 22.9 Å². The number of nitrogens with two attached hydrogens (primary N) is 1. The summed E-state index contributed by atoms with van der Waals surface area (Å²) >= 11 is 7.34. The van der Waals surface area contributed by atoms with Crippen molar-refractivity contribution in [1.29, 1.82) is 0 Å². The van der Waals surface area contributed by atoms with E-state index < -0.39 is 0 Å². The molecule has 106 valence electrons. The topological polar surface area (TPSA) is 64.3 Å². The number of halogens is 1. The van der Waals surface area contributed by atoms with Crippen LogP contribution in [0.1, 0.15) is 25.7 Å². The quantitative estimate of drug-likeness (QED) is 0.518. The number of nitrogens with one attached hydrogen (secondary N) is 1. The molecule has 2 aromatic rings. The summed E-state index contributed by atoms with van der Waals surface area (Å²) in [6.45, 7) is 4.29. The molecule has 3 N–H and O–H groups in total. The third-order valence-corrected chi connectivity index (χ3v) is 4.24. The lowest BCUT2D eigenvalue weighted by Gasteiger charge is -2.09. The molecule has 0 fully saturated rings. The summed E-state index contributed by atoms with van der Waals surface area (Å²) in [5, 5.41) is 0.635. The molecular formula is C14H15ClN2O2S. The molecule has 0 aliphatic carbocycles. The summed E-state index contributed by atoms with van der Waals surface area (Å²) in [5.41, 5.74) is 4.11. The number of ether oxygens (including phenoxy) is 1. The molecule has 0 saturated heterocycles. The van der Waals surface area contributed by atoms with Crippen LogP contribution in [0.4, 0.5) is 0 Å². The average Bonchev–Trinajstić information content (AvgIpc) is 2.80. The maximum absolute atomic E-state index is 11.5. The first kappa shape index (κ1) is 14.8. The van der Waals surface area contributed by atoms with Crippen molar-refractivity contribution in [2.24, 2.45) is 5.84 Å². The maximum atomic E-state index is 11.5. The Kier molecular flexibility index (Phi) is 4.65. The van der Waals surface area contributed by atoms with E-state index in [0.717, 1.165) is 21.8 Å². The van der Waals surface area contributed by atoms with Gasteiger partial charge in [0.1, 0.15) is 12.4 Å². The summed E-state index contributed by atoms with van der Waals surface area (Å²) in [6.07, 6.45) is 0. The number of benzene rings is 1. The molecule has 20 heavy (non-hydrogen) atoms. The number of hydrogen-bond donors (Lipinski definition) is 2. The van der Waals surface area contributed by atoms with Gasteiger partial charge in [0.25, 0.3) is 5.91 Å². The van der Waals surface area contributed by atoms with Gasteiger partial charge in [0.2, 0.25) is 0 Å². The van der Waals surface area contributed by atoms with Gasteiger partial charge in [0.15, 0.2) is 0 Å². The number of rotatable bonds is 4. The lowest BCUT2D eigenvalue weighted by Crippen LogP contribution is -2.29. The fraction of sp³-hybridized carbons (Fsp3) is 0.214. The molecule has 0 spiro atoms. The van der Waals surface area contributed by atoms with E-state index in [1.165, 1.54) is 11.3 Å². The maximum Gasteiger partial charge on any atom is 0.275 e. The summed E-state index contributed by atoms with van der Waals surface area (Å²) in [7, 11) is 0. The molecule has 6 heteroatoms. The van der Waals surface area contributed by atoms with Crippen LogP contribution in [0, 0.1) is 13.8 Å². The molecule has 1 amide bonds. The Morgan fingerprint density at radius 2 is 2.15 bits per heavy atom. The van der Waals surface area contributed by atoms with E-state index in [1.807, 2.05) is 26.0 Å². The second-order valence-corrected chi connectivity index (χ2v) is 6.06. The number of hydrogen-bond acceptors (Lipinski definition) is 4. The Morgan fingerprint density at radius 3 is 2.85 bits per heavy atom. The summed E-state index contributed by atoms with van der Waals surface area (Å²) in [5.74, 6) is 5.58. The van der Waals surface area contributed by atoms with Crippen LogP contribution in [-0.2, 0) is 6.61 Å². The van der Waals surface area contributed by atoms with Gasteiger partial charge >= 0.3 is 0 Å². The molecule has 1 aromatic carbocycles. The first-order valence-corrected chi connectivity index (χ1v) is 7.20. The molecule has 0 aliphatic heterocycles. The van der Waals surface area contributed by atoms with E-state index in [2.05, 4.69) is 5.43 Å². The highest BCUT2D eigenvalue weighted by molar-refractivity contribution is 7.14. The van der Waals surface area contributed by atoms with Gasteiger partial charge in [-0.05, 0) is 37.6 Å². The minimum Gasteiger partial charge on any atom is -0.489 e. The number of thiophene rings is 1. The van der Waals surface area contributed by atoms with E-state index in [0.29, 0.717) is 16.5 Å². The minimum absolute atomic E-state index is 0.289. The molecule has 4 nitrogen and oxygen atoms in total. The first-order chi connectivity index (χ1) is 9.51. The van der Waals surface area contributed by atoms with Gasteiger partial charge in [0, 0.05) is 15.5 Å². The second-order valence-electron chi connectivity index (χ2n) is 4.36. The molecule has 0 bridgehead atoms. The van der Waals surface area contributed by atoms with Crippen LogP contribution in [0.5, 0.6) is 5.75 Å². The van der Waals surface area contributed by atoms with Crippen LogP contribution in [-0.4, -0.2) is 5.91 Å². The van der Waals surface area contributed by atoms with Crippen molar-refractivity contribution in [1.82, 2.24) is 5.43 Å². The molecule has 1 heterocycles. The highest BCUT2D eigenvalue weighted by atomic mass is 35.5. The van der Waals surface area contributed by atoms with E-state index in [4.69, 9.17) is 22.2 Å². The highest BCUT2D eigenvalue weighted by Gasteiger charge is 2.12. The number of hydrazine groups is 1. The van der Waals surface area contributed by atoms with Crippen molar-refractivity contribution in [3.63, 3.8) is 0 Å². The lowest BCUT2D eigenvalue weighted by molar-refractivity contribution is 0.0957. The van der Waals surface area contributed by atoms with Gasteiger partial charge < -0.3 is 4.74 Å². The molecule has 0 aliphatic rings. The van der Waals surface area contributed by atoms with Crippen LogP contribution in [0.15, 0.2) is 24.3 Å². The van der Waals surface area contributed by atoms with Gasteiger partial charge in [-0.25, -0.2) is 5.84 Å². The third kappa shape index (κ3) is 3.30. The van der Waals surface area contributed by atoms with Crippen LogP contribution < -0.4 is 16.0 Å². The number of aryl methyl sites for hydroxylation is 2. The monoisotopic (exact) mass is 310 g/mol. The number of carbonyl (C=O) groups is 1. The van der Waals surface area contributed by atoms with E-state index in [1.54, 1.807) is 12.1 Å². The van der Waals surface area contributed by atoms with Gasteiger partial charge in [0.05, 0.1) is 4.88 Å². The molecule has 0 radical (unpaired) electrons. The first-order valence-electron chi connectivity index (χ1n) is 6.00. The van der Waals surface area contributed by atoms with Crippen LogP contribution in [0.25, 0.3) is 0 Å². The van der Waals surface area contributed by atoms with Gasteiger partial charge in [-0.1, -0.05) is 17.7 Å². The zero-order valence-electron chi connectivity index (χ0n) is 11.2. The Hall–Kier alpha value is -1.56. The zero-order valence-corrected chi connectivity index (χ0v) is 12.8. The van der Waals surface area contributed by atoms with Crippen molar-refractivity contribution < 1.29 is 9.53 Å². The van der Waals surface area contributed by atoms with Gasteiger partial charge in [-0.2, -0.15) is 0 Å². The Bertz CT molecular complexity index is 640. The van der Waals surface area contributed by atoms with Crippen molar-refractivity contribution in [3.8, 4) is 5.75 Å². The zero-order chi connectivity index (χ0) is 14.7. The van der Waals surface area contributed by atoms with Gasteiger partial charge in [-0.3, -0.25) is 10.2 Å². The summed E-state index contributed by atoms with van der Waals surface area (Å²) < 4.78 is 5.77. The molecular weight excluding hydrogens is 296 g/mol. The predicted molar refractivity (Wildman–Crippen MR) is 81.2 cm³/mol. The number of nitrogen functional groups attached to an aromatic ring is 1. The second kappa shape index (κ2) is 6.26. The predicted octanol–water partition coefficient (Wildman–Crippen LogP) is 3.20. The fourth-order valence-electron chi connectivity index (χ4n) is 1.73. The fourth-order valence-corrected chi connectivity index (χ4v) is 2.82. The SMILES string of the molecule is Cc1ccc(Cl)cc1OCc1cc(C(=O)NN)sc1C. The molecule has 0 saturated carbocycles. The smallest absolute Gasteiger partial charge is 0.275 e. The van der Waals surface area contributed by atoms with Crippen LogP contribution in [0.3, 0.4) is 0 Å². The minimum atomic E-state index is -0.289. The summed E-state index contributed by atoms with van der Waals surface area (Å²) in [4.78, 5) is 13.1. The Labute approximate surface area is 126 Å². The molecule has 2 rings (SSSR count). The molecule has 0 unspecified atom stereocenters.